The molecular formula is C7H12N2O5. The normalized spacial score (nSPS) is 14.1. The zero-order valence-corrected chi connectivity index (χ0v) is 7.56. The summed E-state index contributed by atoms with van der Waals surface area (Å²) in [6, 6.07) is -2.31. The minimum absolute atomic E-state index is 0.530. The lowest BCUT2D eigenvalue weighted by molar-refractivity contribution is -0.142. The van der Waals surface area contributed by atoms with Crippen LogP contribution in [0.5, 0.6) is 0 Å². The lowest BCUT2D eigenvalue weighted by atomic mass is 10.2. The molecule has 2 atom stereocenters. The third-order valence-corrected chi connectivity index (χ3v) is 1.46. The lowest BCUT2D eigenvalue weighted by Crippen LogP contribution is -2.47. The second-order valence-corrected chi connectivity index (χ2v) is 2.77. The van der Waals surface area contributed by atoms with Crippen LogP contribution in [0.3, 0.4) is 0 Å². The van der Waals surface area contributed by atoms with Crippen molar-refractivity contribution in [3.8, 4) is 0 Å². The van der Waals surface area contributed by atoms with Gasteiger partial charge in [-0.15, -0.1) is 0 Å². The highest BCUT2D eigenvalue weighted by atomic mass is 16.4. The Morgan fingerprint density at radius 2 is 1.86 bits per heavy atom. The van der Waals surface area contributed by atoms with E-state index in [1.165, 1.54) is 6.92 Å². The average molecular weight is 204 g/mol. The maximum Gasteiger partial charge on any atom is 0.325 e. The molecule has 0 aliphatic heterocycles. The third-order valence-electron chi connectivity index (χ3n) is 1.46. The van der Waals surface area contributed by atoms with Crippen molar-refractivity contribution in [1.29, 1.82) is 0 Å². The van der Waals surface area contributed by atoms with Crippen LogP contribution in [0.1, 0.15) is 13.3 Å². The Bertz CT molecular complexity index is 252. The van der Waals surface area contributed by atoms with Gasteiger partial charge in [0.2, 0.25) is 5.91 Å². The zero-order valence-electron chi connectivity index (χ0n) is 7.56. The van der Waals surface area contributed by atoms with E-state index in [0.29, 0.717) is 0 Å². The van der Waals surface area contributed by atoms with E-state index >= 15 is 0 Å². The Morgan fingerprint density at radius 1 is 1.36 bits per heavy atom. The maximum atomic E-state index is 11.0. The van der Waals surface area contributed by atoms with Gasteiger partial charge in [-0.05, 0) is 6.92 Å². The quantitative estimate of drug-likeness (QED) is 0.425. The molecule has 0 saturated heterocycles. The molecule has 0 bridgehead atoms. The number of carboxylic acid groups (broad SMARTS) is 2. The van der Waals surface area contributed by atoms with Crippen LogP contribution < -0.4 is 11.1 Å². The number of aliphatic carboxylic acids is 2. The van der Waals surface area contributed by atoms with E-state index in [1.54, 1.807) is 0 Å². The SMILES string of the molecule is C[C@@H](NC(=O)[C@@H](N)CC(=O)O)C(=O)O. The predicted octanol–water partition coefficient (Wildman–Crippen LogP) is -1.62. The Hall–Kier alpha value is -1.63. The fourth-order valence-electron chi connectivity index (χ4n) is 0.663. The fourth-order valence-corrected chi connectivity index (χ4v) is 0.663. The highest BCUT2D eigenvalue weighted by Gasteiger charge is 2.21. The largest absolute Gasteiger partial charge is 0.481 e. The molecular weight excluding hydrogens is 192 g/mol. The molecule has 0 aliphatic rings. The number of carbonyl (C=O) groups is 3. The Labute approximate surface area is 79.9 Å². The topological polar surface area (TPSA) is 130 Å². The van der Waals surface area contributed by atoms with Crippen LogP contribution in [0.4, 0.5) is 0 Å². The Kier molecular flexibility index (Phi) is 4.57. The Balaban J connectivity index is 4.07. The summed E-state index contributed by atoms with van der Waals surface area (Å²) in [5, 5.41) is 18.8. The van der Waals surface area contributed by atoms with Crippen molar-refractivity contribution in [2.75, 3.05) is 0 Å². The number of hydrogen-bond donors (Lipinski definition) is 4. The monoisotopic (exact) mass is 204 g/mol. The molecule has 0 aliphatic carbocycles. The van der Waals surface area contributed by atoms with Gasteiger partial charge in [0.15, 0.2) is 0 Å². The highest BCUT2D eigenvalue weighted by Crippen LogP contribution is 1.90. The van der Waals surface area contributed by atoms with Crippen LogP contribution in [0, 0.1) is 0 Å². The molecule has 14 heavy (non-hydrogen) atoms. The van der Waals surface area contributed by atoms with E-state index < -0.39 is 36.4 Å². The van der Waals surface area contributed by atoms with E-state index in [0.717, 1.165) is 0 Å². The average Bonchev–Trinajstić information content (AvgIpc) is 2.02. The molecule has 7 nitrogen and oxygen atoms in total. The smallest absolute Gasteiger partial charge is 0.325 e. The second kappa shape index (κ2) is 5.18. The fraction of sp³-hybridized carbons (Fsp3) is 0.571. The van der Waals surface area contributed by atoms with Crippen molar-refractivity contribution in [1.82, 2.24) is 5.32 Å². The van der Waals surface area contributed by atoms with Gasteiger partial charge in [-0.2, -0.15) is 0 Å². The number of nitrogens with two attached hydrogens (primary N) is 1. The number of rotatable bonds is 5. The zero-order chi connectivity index (χ0) is 11.3. The van der Waals surface area contributed by atoms with E-state index in [-0.39, 0.29) is 0 Å². The van der Waals surface area contributed by atoms with Gasteiger partial charge in [-0.25, -0.2) is 0 Å². The van der Waals surface area contributed by atoms with Crippen LogP contribution in [-0.2, 0) is 14.4 Å². The minimum atomic E-state index is -1.23. The standard InChI is InChI=1S/C7H12N2O5/c1-3(7(13)14)9-6(12)4(8)2-5(10)11/h3-4H,2,8H2,1H3,(H,9,12)(H,10,11)(H,13,14)/t3-,4+/m1/s1. The molecule has 0 saturated carbocycles. The molecule has 80 valence electrons. The van der Waals surface area contributed by atoms with Gasteiger partial charge in [0.25, 0.3) is 0 Å². The molecule has 0 heterocycles. The summed E-state index contributed by atoms with van der Waals surface area (Å²) >= 11 is 0. The molecule has 0 aromatic rings. The van der Waals surface area contributed by atoms with Crippen molar-refractivity contribution in [3.05, 3.63) is 0 Å². The van der Waals surface area contributed by atoms with Gasteiger partial charge in [0.05, 0.1) is 12.5 Å². The first-order valence-corrected chi connectivity index (χ1v) is 3.85. The molecule has 0 aromatic carbocycles. The summed E-state index contributed by atoms with van der Waals surface area (Å²) in [5.41, 5.74) is 5.18. The minimum Gasteiger partial charge on any atom is -0.481 e. The van der Waals surface area contributed by atoms with Crippen molar-refractivity contribution in [2.24, 2.45) is 5.73 Å². The Morgan fingerprint density at radius 3 is 2.21 bits per heavy atom. The number of hydrogen-bond acceptors (Lipinski definition) is 4. The van der Waals surface area contributed by atoms with Gasteiger partial charge >= 0.3 is 11.9 Å². The van der Waals surface area contributed by atoms with Crippen molar-refractivity contribution >= 4 is 17.8 Å². The van der Waals surface area contributed by atoms with Crippen LogP contribution >= 0.6 is 0 Å². The molecule has 5 N–H and O–H groups in total. The summed E-state index contributed by atoms with van der Waals surface area (Å²) in [6.07, 6.45) is -0.530. The number of nitrogens with one attached hydrogen (secondary N) is 1. The lowest BCUT2D eigenvalue weighted by Gasteiger charge is -2.12. The summed E-state index contributed by atoms with van der Waals surface area (Å²) < 4.78 is 0. The van der Waals surface area contributed by atoms with Crippen molar-refractivity contribution < 1.29 is 24.6 Å². The van der Waals surface area contributed by atoms with Crippen LogP contribution in [0.15, 0.2) is 0 Å². The van der Waals surface area contributed by atoms with Crippen LogP contribution in [0.2, 0.25) is 0 Å². The molecule has 0 spiro atoms. The summed E-state index contributed by atoms with van der Waals surface area (Å²) in [4.78, 5) is 31.5. The summed E-state index contributed by atoms with van der Waals surface area (Å²) in [7, 11) is 0. The second-order valence-electron chi connectivity index (χ2n) is 2.77. The number of carboxylic acids is 2. The van der Waals surface area contributed by atoms with Gasteiger partial charge in [-0.1, -0.05) is 0 Å². The van der Waals surface area contributed by atoms with Gasteiger partial charge in [0, 0.05) is 0 Å². The van der Waals surface area contributed by atoms with E-state index in [2.05, 4.69) is 5.32 Å². The van der Waals surface area contributed by atoms with Gasteiger partial charge in [-0.3, -0.25) is 14.4 Å². The molecule has 0 unspecified atom stereocenters. The first-order valence-electron chi connectivity index (χ1n) is 3.85. The highest BCUT2D eigenvalue weighted by molar-refractivity contribution is 5.89. The maximum absolute atomic E-state index is 11.0. The molecule has 0 rings (SSSR count). The van der Waals surface area contributed by atoms with E-state index in [4.69, 9.17) is 15.9 Å². The molecule has 1 amide bonds. The summed E-state index contributed by atoms with van der Waals surface area (Å²) in [5.74, 6) is -3.21. The molecule has 7 heteroatoms. The van der Waals surface area contributed by atoms with Crippen LogP contribution in [-0.4, -0.2) is 40.1 Å². The first kappa shape index (κ1) is 12.4. The molecule has 0 aromatic heterocycles. The predicted molar refractivity (Wildman–Crippen MR) is 45.5 cm³/mol. The van der Waals surface area contributed by atoms with Crippen LogP contribution in [0.25, 0.3) is 0 Å². The number of carbonyl (C=O) groups excluding carboxylic acids is 1. The molecule has 0 fully saturated rings. The summed E-state index contributed by atoms with van der Waals surface area (Å²) in [6.45, 7) is 1.26. The first-order chi connectivity index (χ1) is 6.34. The molecule has 0 radical (unpaired) electrons. The number of amides is 1. The van der Waals surface area contributed by atoms with Gasteiger partial charge in [0.1, 0.15) is 6.04 Å². The van der Waals surface area contributed by atoms with Crippen molar-refractivity contribution in [3.63, 3.8) is 0 Å². The third kappa shape index (κ3) is 4.41. The van der Waals surface area contributed by atoms with Crippen molar-refractivity contribution in [2.45, 2.75) is 25.4 Å². The van der Waals surface area contributed by atoms with Gasteiger partial charge < -0.3 is 21.3 Å². The van der Waals surface area contributed by atoms with E-state index in [9.17, 15) is 14.4 Å². The van der Waals surface area contributed by atoms with E-state index in [1.807, 2.05) is 0 Å².